The Labute approximate surface area is 115 Å². The number of alkyl halides is 2. The second kappa shape index (κ2) is 5.83. The molecule has 1 aromatic carbocycles. The van der Waals surface area contributed by atoms with Crippen molar-refractivity contribution in [2.75, 3.05) is 19.6 Å². The van der Waals surface area contributed by atoms with Gasteiger partial charge in [-0.15, -0.1) is 0 Å². The number of rotatable bonds is 5. The minimum absolute atomic E-state index is 0.113. The van der Waals surface area contributed by atoms with Crippen LogP contribution >= 0.6 is 0 Å². The predicted molar refractivity (Wildman–Crippen MR) is 69.2 cm³/mol. The molecule has 20 heavy (non-hydrogen) atoms. The predicted octanol–water partition coefficient (Wildman–Crippen LogP) is 2.20. The molecule has 0 spiro atoms. The summed E-state index contributed by atoms with van der Waals surface area (Å²) in [6, 6.07) is 4.49. The Hall–Kier alpha value is -1.56. The number of nitrogens with zero attached hydrogens (tertiary/aromatic N) is 1. The molecule has 1 heterocycles. The van der Waals surface area contributed by atoms with Crippen LogP contribution in [-0.2, 0) is 6.42 Å². The summed E-state index contributed by atoms with van der Waals surface area (Å²) < 4.78 is 39.9. The number of amides is 1. The van der Waals surface area contributed by atoms with Crippen LogP contribution in [0.3, 0.4) is 0 Å². The summed E-state index contributed by atoms with van der Waals surface area (Å²) in [5.41, 5.74) is 5.34. The van der Waals surface area contributed by atoms with Gasteiger partial charge in [-0.3, -0.25) is 9.69 Å². The molecule has 1 fully saturated rings. The molecule has 1 aromatic rings. The fraction of sp³-hybridized carbons (Fsp3) is 0.500. The Morgan fingerprint density at radius 1 is 1.40 bits per heavy atom. The highest BCUT2D eigenvalue weighted by molar-refractivity contribution is 5.93. The molecule has 6 heteroatoms. The SMILES string of the molecule is NC(=O)c1cccc(CCCN2CCC(F)(F)C2)c1F. The first-order chi connectivity index (χ1) is 9.39. The summed E-state index contributed by atoms with van der Waals surface area (Å²) >= 11 is 0. The number of primary amides is 1. The van der Waals surface area contributed by atoms with Crippen LogP contribution in [0.25, 0.3) is 0 Å². The van der Waals surface area contributed by atoms with Gasteiger partial charge in [0.05, 0.1) is 12.1 Å². The number of hydrogen-bond donors (Lipinski definition) is 1. The summed E-state index contributed by atoms with van der Waals surface area (Å²) in [5.74, 6) is -4.01. The molecule has 0 aromatic heterocycles. The van der Waals surface area contributed by atoms with Gasteiger partial charge in [-0.05, 0) is 31.0 Å². The maximum atomic E-state index is 13.9. The van der Waals surface area contributed by atoms with Crippen molar-refractivity contribution in [1.82, 2.24) is 4.90 Å². The number of likely N-dealkylation sites (tertiary alicyclic amines) is 1. The molecular formula is C14H17F3N2O. The minimum Gasteiger partial charge on any atom is -0.366 e. The van der Waals surface area contributed by atoms with Gasteiger partial charge < -0.3 is 5.73 Å². The minimum atomic E-state index is -2.60. The highest BCUT2D eigenvalue weighted by atomic mass is 19.3. The van der Waals surface area contributed by atoms with Gasteiger partial charge >= 0.3 is 0 Å². The van der Waals surface area contributed by atoms with Crippen molar-refractivity contribution in [3.05, 3.63) is 35.1 Å². The summed E-state index contributed by atoms with van der Waals surface area (Å²) in [4.78, 5) is 12.7. The monoisotopic (exact) mass is 286 g/mol. The van der Waals surface area contributed by atoms with E-state index in [1.165, 1.54) is 6.07 Å². The number of halogens is 3. The van der Waals surface area contributed by atoms with Crippen LogP contribution in [0.5, 0.6) is 0 Å². The zero-order chi connectivity index (χ0) is 14.8. The average Bonchev–Trinajstić information content (AvgIpc) is 2.71. The van der Waals surface area contributed by atoms with Gasteiger partial charge in [0.2, 0.25) is 0 Å². The van der Waals surface area contributed by atoms with Crippen LogP contribution in [0, 0.1) is 5.82 Å². The average molecular weight is 286 g/mol. The molecule has 1 saturated heterocycles. The molecule has 1 aliphatic heterocycles. The van der Waals surface area contributed by atoms with Crippen molar-refractivity contribution in [2.45, 2.75) is 25.2 Å². The van der Waals surface area contributed by atoms with Gasteiger partial charge in [-0.2, -0.15) is 0 Å². The van der Waals surface area contributed by atoms with E-state index in [-0.39, 0.29) is 18.5 Å². The molecule has 0 saturated carbocycles. The highest BCUT2D eigenvalue weighted by Gasteiger charge is 2.37. The third-order valence-electron chi connectivity index (χ3n) is 3.51. The largest absolute Gasteiger partial charge is 0.366 e. The van der Waals surface area contributed by atoms with Crippen LogP contribution < -0.4 is 5.73 Å². The normalized spacial score (nSPS) is 18.4. The number of nitrogens with two attached hydrogens (primary N) is 1. The summed E-state index contributed by atoms with van der Waals surface area (Å²) in [7, 11) is 0. The molecule has 1 amide bonds. The van der Waals surface area contributed by atoms with E-state index >= 15 is 0 Å². The summed E-state index contributed by atoms with van der Waals surface area (Å²) in [5, 5.41) is 0. The molecular weight excluding hydrogens is 269 g/mol. The first kappa shape index (κ1) is 14.8. The van der Waals surface area contributed by atoms with E-state index in [4.69, 9.17) is 5.73 Å². The van der Waals surface area contributed by atoms with Gasteiger partial charge in [-0.1, -0.05) is 12.1 Å². The topological polar surface area (TPSA) is 46.3 Å². The van der Waals surface area contributed by atoms with Crippen molar-refractivity contribution in [1.29, 1.82) is 0 Å². The van der Waals surface area contributed by atoms with Gasteiger partial charge in [0, 0.05) is 13.0 Å². The van der Waals surface area contributed by atoms with Crippen LogP contribution in [0.2, 0.25) is 0 Å². The van der Waals surface area contributed by atoms with Crippen LogP contribution in [-0.4, -0.2) is 36.4 Å². The maximum absolute atomic E-state index is 13.9. The van der Waals surface area contributed by atoms with Crippen molar-refractivity contribution < 1.29 is 18.0 Å². The lowest BCUT2D eigenvalue weighted by Crippen LogP contribution is -2.26. The Morgan fingerprint density at radius 3 is 2.75 bits per heavy atom. The number of aryl methyl sites for hydroxylation is 1. The van der Waals surface area contributed by atoms with E-state index in [2.05, 4.69) is 0 Å². The lowest BCUT2D eigenvalue weighted by molar-refractivity contribution is 0.0121. The molecule has 110 valence electrons. The highest BCUT2D eigenvalue weighted by Crippen LogP contribution is 2.26. The molecule has 0 aliphatic carbocycles. The first-order valence-electron chi connectivity index (χ1n) is 6.56. The van der Waals surface area contributed by atoms with Crippen LogP contribution in [0.1, 0.15) is 28.8 Å². The van der Waals surface area contributed by atoms with E-state index in [0.717, 1.165) is 0 Å². The maximum Gasteiger partial charge on any atom is 0.261 e. The van der Waals surface area contributed by atoms with Gasteiger partial charge in [0.15, 0.2) is 0 Å². The van der Waals surface area contributed by atoms with Gasteiger partial charge in [0.1, 0.15) is 5.82 Å². The van der Waals surface area contributed by atoms with E-state index in [1.54, 1.807) is 17.0 Å². The fourth-order valence-electron chi connectivity index (χ4n) is 2.45. The summed E-state index contributed by atoms with van der Waals surface area (Å²) in [6.07, 6.45) is 0.850. The van der Waals surface area contributed by atoms with Crippen molar-refractivity contribution >= 4 is 5.91 Å². The lowest BCUT2D eigenvalue weighted by Gasteiger charge is -2.15. The molecule has 0 atom stereocenters. The molecule has 3 nitrogen and oxygen atoms in total. The zero-order valence-electron chi connectivity index (χ0n) is 11.0. The number of carbonyl (C=O) groups excluding carboxylic acids is 1. The van der Waals surface area contributed by atoms with E-state index in [9.17, 15) is 18.0 Å². The van der Waals surface area contributed by atoms with E-state index in [0.29, 0.717) is 31.5 Å². The van der Waals surface area contributed by atoms with Gasteiger partial charge in [-0.25, -0.2) is 13.2 Å². The van der Waals surface area contributed by atoms with Crippen molar-refractivity contribution in [2.24, 2.45) is 5.73 Å². The fourth-order valence-corrected chi connectivity index (χ4v) is 2.45. The first-order valence-corrected chi connectivity index (χ1v) is 6.56. The van der Waals surface area contributed by atoms with Crippen molar-refractivity contribution in [3.63, 3.8) is 0 Å². The van der Waals surface area contributed by atoms with Gasteiger partial charge in [0.25, 0.3) is 11.8 Å². The Bertz CT molecular complexity index is 505. The third-order valence-corrected chi connectivity index (χ3v) is 3.51. The third kappa shape index (κ3) is 3.50. The Kier molecular flexibility index (Phi) is 4.32. The summed E-state index contributed by atoms with van der Waals surface area (Å²) in [6.45, 7) is 0.642. The second-order valence-electron chi connectivity index (χ2n) is 5.13. The molecule has 2 rings (SSSR count). The molecule has 0 radical (unpaired) electrons. The second-order valence-corrected chi connectivity index (χ2v) is 5.13. The molecule has 0 unspecified atom stereocenters. The number of hydrogen-bond acceptors (Lipinski definition) is 2. The van der Waals surface area contributed by atoms with E-state index < -0.39 is 17.6 Å². The van der Waals surface area contributed by atoms with Crippen LogP contribution in [0.4, 0.5) is 13.2 Å². The Balaban J connectivity index is 1.89. The Morgan fingerprint density at radius 2 is 2.15 bits per heavy atom. The van der Waals surface area contributed by atoms with Crippen molar-refractivity contribution in [3.8, 4) is 0 Å². The zero-order valence-corrected chi connectivity index (χ0v) is 11.0. The number of benzene rings is 1. The van der Waals surface area contributed by atoms with E-state index in [1.807, 2.05) is 0 Å². The number of carbonyl (C=O) groups is 1. The lowest BCUT2D eigenvalue weighted by atomic mass is 10.0. The molecule has 1 aliphatic rings. The molecule has 2 N–H and O–H groups in total. The standard InChI is InChI=1S/C14H17F3N2O/c15-12-10(3-1-5-11(12)13(18)20)4-2-7-19-8-6-14(16,17)9-19/h1,3,5H,2,4,6-9H2,(H2,18,20). The molecule has 0 bridgehead atoms. The smallest absolute Gasteiger partial charge is 0.261 e. The quantitative estimate of drug-likeness (QED) is 0.902. The van der Waals surface area contributed by atoms with Crippen LogP contribution in [0.15, 0.2) is 18.2 Å².